The topological polar surface area (TPSA) is 83.8 Å². The third kappa shape index (κ3) is 3.69. The summed E-state index contributed by atoms with van der Waals surface area (Å²) in [5.41, 5.74) is 7.64. The van der Waals surface area contributed by atoms with Crippen LogP contribution in [0.4, 0.5) is 0 Å². The fraction of sp³-hybridized carbons (Fsp3) is 0.143. The van der Waals surface area contributed by atoms with Gasteiger partial charge in [0.05, 0.1) is 6.54 Å². The number of rotatable bonds is 3. The number of H-pyrrole nitrogens is 1. The molecule has 4 N–H and O–H groups in total. The number of hydrogen-bond acceptors (Lipinski definition) is 3. The smallest absolute Gasteiger partial charge is 0.269 e. The van der Waals surface area contributed by atoms with E-state index in [0.717, 1.165) is 11.1 Å². The van der Waals surface area contributed by atoms with Gasteiger partial charge in [-0.25, -0.2) is 0 Å². The monoisotopic (exact) mass is 254 g/mol. The molecule has 2 aromatic rings. The molecule has 0 aliphatic rings. The van der Waals surface area contributed by atoms with E-state index in [4.69, 9.17) is 5.73 Å². The van der Waals surface area contributed by atoms with Gasteiger partial charge in [-0.2, -0.15) is 5.10 Å². The average Bonchev–Trinajstić information content (AvgIpc) is 2.97. The molecule has 5 heteroatoms. The Morgan fingerprint density at radius 3 is 3.05 bits per heavy atom. The molecule has 0 fully saturated rings. The second-order valence-corrected chi connectivity index (χ2v) is 3.86. The summed E-state index contributed by atoms with van der Waals surface area (Å²) in [4.78, 5) is 11.7. The van der Waals surface area contributed by atoms with Gasteiger partial charge in [-0.1, -0.05) is 24.0 Å². The molecule has 0 spiro atoms. The van der Waals surface area contributed by atoms with Gasteiger partial charge in [0.25, 0.3) is 5.91 Å². The van der Waals surface area contributed by atoms with Gasteiger partial charge in [0.15, 0.2) is 0 Å². The van der Waals surface area contributed by atoms with Crippen LogP contribution in [-0.2, 0) is 6.54 Å². The summed E-state index contributed by atoms with van der Waals surface area (Å²) in [6.07, 6.45) is 1.54. The highest BCUT2D eigenvalue weighted by molar-refractivity contribution is 5.92. The number of carbonyl (C=O) groups excluding carboxylic acids is 1. The van der Waals surface area contributed by atoms with E-state index < -0.39 is 0 Å². The van der Waals surface area contributed by atoms with Crippen LogP contribution in [0, 0.1) is 11.8 Å². The van der Waals surface area contributed by atoms with Crippen LogP contribution in [0.2, 0.25) is 0 Å². The van der Waals surface area contributed by atoms with Gasteiger partial charge in [-0.05, 0) is 23.8 Å². The molecule has 0 unspecified atom stereocenters. The first kappa shape index (κ1) is 12.9. The molecule has 19 heavy (non-hydrogen) atoms. The van der Waals surface area contributed by atoms with Gasteiger partial charge < -0.3 is 11.1 Å². The Morgan fingerprint density at radius 1 is 1.42 bits per heavy atom. The van der Waals surface area contributed by atoms with Crippen molar-refractivity contribution in [1.82, 2.24) is 15.5 Å². The van der Waals surface area contributed by atoms with Crippen LogP contribution in [0.15, 0.2) is 36.5 Å². The van der Waals surface area contributed by atoms with E-state index in [2.05, 4.69) is 27.4 Å². The van der Waals surface area contributed by atoms with E-state index in [1.54, 1.807) is 6.07 Å². The summed E-state index contributed by atoms with van der Waals surface area (Å²) >= 11 is 0. The number of nitrogens with zero attached hydrogens (tertiary/aromatic N) is 1. The molecule has 0 atom stereocenters. The third-order valence-electron chi connectivity index (χ3n) is 2.46. The summed E-state index contributed by atoms with van der Waals surface area (Å²) in [7, 11) is 0. The highest BCUT2D eigenvalue weighted by atomic mass is 16.1. The quantitative estimate of drug-likeness (QED) is 0.703. The van der Waals surface area contributed by atoms with Gasteiger partial charge in [0.2, 0.25) is 0 Å². The van der Waals surface area contributed by atoms with Crippen LogP contribution < -0.4 is 11.1 Å². The van der Waals surface area contributed by atoms with E-state index in [-0.39, 0.29) is 5.91 Å². The van der Waals surface area contributed by atoms with Gasteiger partial charge in [-0.3, -0.25) is 9.89 Å². The number of nitrogens with one attached hydrogen (secondary N) is 2. The van der Waals surface area contributed by atoms with Gasteiger partial charge in [0.1, 0.15) is 5.69 Å². The maximum Gasteiger partial charge on any atom is 0.269 e. The maximum absolute atomic E-state index is 11.7. The molecule has 0 saturated heterocycles. The van der Waals surface area contributed by atoms with Crippen LogP contribution in [0.3, 0.4) is 0 Å². The maximum atomic E-state index is 11.7. The number of nitrogens with two attached hydrogens (primary N) is 1. The summed E-state index contributed by atoms with van der Waals surface area (Å²) in [6, 6.07) is 9.29. The molecule has 0 aliphatic carbocycles. The molecule has 1 heterocycles. The summed E-state index contributed by atoms with van der Waals surface area (Å²) < 4.78 is 0. The summed E-state index contributed by atoms with van der Waals surface area (Å²) in [5.74, 6) is 5.57. The Bertz CT molecular complexity index is 608. The van der Waals surface area contributed by atoms with Crippen LogP contribution in [0.1, 0.15) is 21.6 Å². The van der Waals surface area contributed by atoms with Crippen molar-refractivity contribution in [2.45, 2.75) is 6.54 Å². The van der Waals surface area contributed by atoms with Crippen molar-refractivity contribution < 1.29 is 4.79 Å². The Balaban J connectivity index is 1.98. The predicted molar refractivity (Wildman–Crippen MR) is 72.1 cm³/mol. The molecule has 0 saturated carbocycles. The lowest BCUT2D eigenvalue weighted by atomic mass is 10.1. The Morgan fingerprint density at radius 2 is 2.32 bits per heavy atom. The molecule has 1 amide bonds. The second kappa shape index (κ2) is 6.38. The van der Waals surface area contributed by atoms with Crippen LogP contribution >= 0.6 is 0 Å². The number of aromatic amines is 1. The van der Waals surface area contributed by atoms with Crippen LogP contribution in [0.25, 0.3) is 0 Å². The van der Waals surface area contributed by atoms with Crippen molar-refractivity contribution in [3.05, 3.63) is 53.3 Å². The fourth-order valence-corrected chi connectivity index (χ4v) is 1.57. The zero-order valence-corrected chi connectivity index (χ0v) is 10.3. The number of aromatic nitrogens is 2. The first-order valence-corrected chi connectivity index (χ1v) is 5.85. The van der Waals surface area contributed by atoms with E-state index >= 15 is 0 Å². The highest BCUT2D eigenvalue weighted by Crippen LogP contribution is 2.04. The molecule has 1 aromatic heterocycles. The molecule has 96 valence electrons. The van der Waals surface area contributed by atoms with Crippen molar-refractivity contribution in [2.75, 3.05) is 6.54 Å². The zero-order chi connectivity index (χ0) is 13.5. The summed E-state index contributed by atoms with van der Waals surface area (Å²) in [5, 5.41) is 9.15. The minimum absolute atomic E-state index is 0.184. The largest absolute Gasteiger partial charge is 0.347 e. The standard InChI is InChI=1S/C14H14N4O/c15-7-2-5-11-3-1-4-12(9-11)10-16-14(19)13-6-8-17-18-13/h1,3-4,6,8-9H,7,10,15H2,(H,16,19)(H,17,18). The lowest BCUT2D eigenvalue weighted by molar-refractivity contribution is 0.0946. The minimum atomic E-state index is -0.184. The minimum Gasteiger partial charge on any atom is -0.347 e. The molecule has 0 radical (unpaired) electrons. The molecule has 5 nitrogen and oxygen atoms in total. The van der Waals surface area contributed by atoms with E-state index in [9.17, 15) is 4.79 Å². The molecular weight excluding hydrogens is 240 g/mol. The number of hydrogen-bond donors (Lipinski definition) is 3. The van der Waals surface area contributed by atoms with Gasteiger partial charge in [-0.15, -0.1) is 0 Å². The van der Waals surface area contributed by atoms with Gasteiger partial charge >= 0.3 is 0 Å². The average molecular weight is 254 g/mol. The molecule has 1 aromatic carbocycles. The van der Waals surface area contributed by atoms with Gasteiger partial charge in [0, 0.05) is 18.3 Å². The Kier molecular flexibility index (Phi) is 4.32. The highest BCUT2D eigenvalue weighted by Gasteiger charge is 2.05. The van der Waals surface area contributed by atoms with Crippen LogP contribution in [0.5, 0.6) is 0 Å². The number of carbonyl (C=O) groups is 1. The third-order valence-corrected chi connectivity index (χ3v) is 2.46. The molecule has 0 aliphatic heterocycles. The SMILES string of the molecule is NCC#Cc1cccc(CNC(=O)c2ccn[nH]2)c1. The van der Waals surface area contributed by atoms with Crippen molar-refractivity contribution in [3.63, 3.8) is 0 Å². The Labute approximate surface area is 111 Å². The Hall–Kier alpha value is -2.58. The molecule has 2 rings (SSSR count). The van der Waals surface area contributed by atoms with Crippen molar-refractivity contribution in [1.29, 1.82) is 0 Å². The number of amides is 1. The van der Waals surface area contributed by atoms with E-state index in [1.807, 2.05) is 24.3 Å². The molecule has 0 bridgehead atoms. The first-order chi connectivity index (χ1) is 9.29. The first-order valence-electron chi connectivity index (χ1n) is 5.85. The van der Waals surface area contributed by atoms with Crippen molar-refractivity contribution in [2.24, 2.45) is 5.73 Å². The predicted octanol–water partition coefficient (Wildman–Crippen LogP) is 0.650. The lowest BCUT2D eigenvalue weighted by Crippen LogP contribution is -2.23. The normalized spacial score (nSPS) is 9.53. The summed E-state index contributed by atoms with van der Waals surface area (Å²) in [6.45, 7) is 0.775. The second-order valence-electron chi connectivity index (χ2n) is 3.86. The van der Waals surface area contributed by atoms with Crippen molar-refractivity contribution in [3.8, 4) is 11.8 Å². The number of benzene rings is 1. The zero-order valence-electron chi connectivity index (χ0n) is 10.3. The van der Waals surface area contributed by atoms with Crippen molar-refractivity contribution >= 4 is 5.91 Å². The van der Waals surface area contributed by atoms with E-state index in [1.165, 1.54) is 6.20 Å². The van der Waals surface area contributed by atoms with Crippen LogP contribution in [-0.4, -0.2) is 22.6 Å². The van der Waals surface area contributed by atoms with E-state index in [0.29, 0.717) is 18.8 Å². The lowest BCUT2D eigenvalue weighted by Gasteiger charge is -2.04. The molecular formula is C14H14N4O. The fourth-order valence-electron chi connectivity index (χ4n) is 1.57.